The van der Waals surface area contributed by atoms with E-state index in [0.29, 0.717) is 0 Å². The first-order chi connectivity index (χ1) is 5.16. The van der Waals surface area contributed by atoms with Crippen molar-refractivity contribution in [3.63, 3.8) is 0 Å². The first-order valence-corrected chi connectivity index (χ1v) is 3.30. The Hall–Kier alpha value is -0.200. The molecule has 1 aliphatic rings. The van der Waals surface area contributed by atoms with Gasteiger partial charge in [0.05, 0.1) is 19.3 Å². The topological polar surface area (TPSA) is 90.2 Å². The maximum absolute atomic E-state index is 9.13. The normalized spacial score (nSPS) is 45.8. The molecule has 1 saturated heterocycles. The fraction of sp³-hybridized carbons (Fsp3) is 0.833. The summed E-state index contributed by atoms with van der Waals surface area (Å²) < 4.78 is 4.52. The SMILES string of the molecule is OCC1[CH]OC(O)C(O)C1O. The van der Waals surface area contributed by atoms with E-state index in [1.807, 2.05) is 0 Å². The molecular formula is C6H11O5. The quantitative estimate of drug-likeness (QED) is 0.353. The van der Waals surface area contributed by atoms with Crippen LogP contribution in [-0.2, 0) is 4.74 Å². The van der Waals surface area contributed by atoms with Crippen LogP contribution in [0.1, 0.15) is 0 Å². The largest absolute Gasteiger partial charge is 0.396 e. The summed E-state index contributed by atoms with van der Waals surface area (Å²) in [4.78, 5) is 0. The Balaban J connectivity index is 2.52. The molecule has 0 aromatic rings. The lowest BCUT2D eigenvalue weighted by Gasteiger charge is -2.33. The van der Waals surface area contributed by atoms with Crippen LogP contribution in [0.2, 0.25) is 0 Å². The van der Waals surface area contributed by atoms with Crippen molar-refractivity contribution in [1.29, 1.82) is 0 Å². The zero-order valence-corrected chi connectivity index (χ0v) is 5.79. The van der Waals surface area contributed by atoms with Crippen LogP contribution in [-0.4, -0.2) is 45.5 Å². The van der Waals surface area contributed by atoms with E-state index in [1.165, 1.54) is 0 Å². The molecule has 11 heavy (non-hydrogen) atoms. The molecule has 65 valence electrons. The Labute approximate surface area is 63.8 Å². The lowest BCUT2D eigenvalue weighted by atomic mass is 9.97. The van der Waals surface area contributed by atoms with Gasteiger partial charge in [-0.25, -0.2) is 0 Å². The van der Waals surface area contributed by atoms with Gasteiger partial charge in [0.15, 0.2) is 6.29 Å². The van der Waals surface area contributed by atoms with Crippen LogP contribution in [0.4, 0.5) is 0 Å². The van der Waals surface area contributed by atoms with Crippen molar-refractivity contribution in [2.45, 2.75) is 18.5 Å². The molecule has 0 amide bonds. The third-order valence-electron chi connectivity index (χ3n) is 1.68. The number of rotatable bonds is 1. The van der Waals surface area contributed by atoms with E-state index >= 15 is 0 Å². The molecule has 0 spiro atoms. The van der Waals surface area contributed by atoms with Crippen molar-refractivity contribution in [3.8, 4) is 0 Å². The molecule has 4 atom stereocenters. The Morgan fingerprint density at radius 1 is 1.18 bits per heavy atom. The summed E-state index contributed by atoms with van der Waals surface area (Å²) >= 11 is 0. The van der Waals surface area contributed by atoms with Crippen LogP contribution in [0.25, 0.3) is 0 Å². The molecule has 1 aliphatic heterocycles. The van der Waals surface area contributed by atoms with Crippen molar-refractivity contribution in [3.05, 3.63) is 6.61 Å². The van der Waals surface area contributed by atoms with Gasteiger partial charge in [0.25, 0.3) is 0 Å². The van der Waals surface area contributed by atoms with Crippen molar-refractivity contribution < 1.29 is 25.2 Å². The van der Waals surface area contributed by atoms with Gasteiger partial charge in [0.2, 0.25) is 0 Å². The third-order valence-corrected chi connectivity index (χ3v) is 1.68. The van der Waals surface area contributed by atoms with Gasteiger partial charge >= 0.3 is 0 Å². The molecule has 5 heteroatoms. The fourth-order valence-electron chi connectivity index (χ4n) is 0.915. The minimum absolute atomic E-state index is 0.315. The molecule has 4 N–H and O–H groups in total. The van der Waals surface area contributed by atoms with E-state index in [1.54, 1.807) is 0 Å². The van der Waals surface area contributed by atoms with E-state index in [0.717, 1.165) is 6.61 Å². The minimum Gasteiger partial charge on any atom is -0.396 e. The third kappa shape index (κ3) is 1.69. The summed E-state index contributed by atoms with van der Waals surface area (Å²) in [5.41, 5.74) is 0. The van der Waals surface area contributed by atoms with Gasteiger partial charge in [-0.1, -0.05) is 0 Å². The predicted octanol–water partition coefficient (Wildman–Crippen LogP) is -2.17. The van der Waals surface area contributed by atoms with Crippen molar-refractivity contribution >= 4 is 0 Å². The molecule has 0 saturated carbocycles. The average Bonchev–Trinajstić information content (AvgIpc) is 2.01. The van der Waals surface area contributed by atoms with E-state index < -0.39 is 24.4 Å². The van der Waals surface area contributed by atoms with Gasteiger partial charge < -0.3 is 25.2 Å². The number of aliphatic hydroxyl groups is 4. The lowest BCUT2D eigenvalue weighted by Crippen LogP contribution is -2.49. The van der Waals surface area contributed by atoms with E-state index in [4.69, 9.17) is 20.4 Å². The molecule has 1 radical (unpaired) electrons. The molecule has 1 heterocycles. The zero-order chi connectivity index (χ0) is 8.43. The number of ether oxygens (including phenoxy) is 1. The second-order valence-corrected chi connectivity index (χ2v) is 2.49. The molecule has 0 aromatic carbocycles. The monoisotopic (exact) mass is 163 g/mol. The summed E-state index contributed by atoms with van der Waals surface area (Å²) in [6.45, 7) is 0.813. The second-order valence-electron chi connectivity index (χ2n) is 2.49. The maximum Gasteiger partial charge on any atom is 0.183 e. The number of hydrogen-bond donors (Lipinski definition) is 4. The van der Waals surface area contributed by atoms with Gasteiger partial charge in [-0.2, -0.15) is 0 Å². The molecule has 0 bridgehead atoms. The van der Waals surface area contributed by atoms with Gasteiger partial charge in [-0.3, -0.25) is 0 Å². The fourth-order valence-corrected chi connectivity index (χ4v) is 0.915. The molecule has 5 nitrogen and oxygen atoms in total. The Morgan fingerprint density at radius 3 is 2.36 bits per heavy atom. The summed E-state index contributed by atoms with van der Waals surface area (Å²) in [6, 6.07) is 0. The summed E-state index contributed by atoms with van der Waals surface area (Å²) in [5.74, 6) is -0.631. The standard InChI is InChI=1S/C6H11O5/c7-1-3-2-11-6(10)5(9)4(3)8/h2-10H,1H2. The average molecular weight is 163 g/mol. The van der Waals surface area contributed by atoms with Crippen LogP contribution in [0.15, 0.2) is 0 Å². The van der Waals surface area contributed by atoms with Gasteiger partial charge in [0.1, 0.15) is 6.10 Å². The number of hydrogen-bond acceptors (Lipinski definition) is 5. The predicted molar refractivity (Wildman–Crippen MR) is 34.0 cm³/mol. The number of aliphatic hydroxyl groups excluding tert-OH is 4. The summed E-state index contributed by atoms with van der Waals surface area (Å²) in [6.07, 6.45) is -3.91. The molecule has 1 fully saturated rings. The van der Waals surface area contributed by atoms with Crippen LogP contribution >= 0.6 is 0 Å². The molecule has 0 aliphatic carbocycles. The first-order valence-electron chi connectivity index (χ1n) is 3.30. The molecule has 4 unspecified atom stereocenters. The first kappa shape index (κ1) is 8.89. The van der Waals surface area contributed by atoms with Crippen molar-refractivity contribution in [2.75, 3.05) is 6.61 Å². The minimum atomic E-state index is -1.40. The van der Waals surface area contributed by atoms with Crippen LogP contribution in [0.5, 0.6) is 0 Å². The molecule has 0 aromatic heterocycles. The maximum atomic E-state index is 9.13. The Kier molecular flexibility index (Phi) is 2.80. The molecule has 1 rings (SSSR count). The highest BCUT2D eigenvalue weighted by Crippen LogP contribution is 2.21. The van der Waals surface area contributed by atoms with E-state index in [2.05, 4.69) is 4.74 Å². The van der Waals surface area contributed by atoms with Crippen LogP contribution in [0, 0.1) is 12.5 Å². The Morgan fingerprint density at radius 2 is 1.82 bits per heavy atom. The highest BCUT2D eigenvalue weighted by atomic mass is 16.6. The van der Waals surface area contributed by atoms with Crippen LogP contribution in [0.3, 0.4) is 0 Å². The Bertz CT molecular complexity index is 126. The van der Waals surface area contributed by atoms with Crippen molar-refractivity contribution in [2.24, 2.45) is 5.92 Å². The summed E-state index contributed by atoms with van der Waals surface area (Å²) in [5, 5.41) is 35.5. The van der Waals surface area contributed by atoms with E-state index in [9.17, 15) is 0 Å². The molecular weight excluding hydrogens is 152 g/mol. The van der Waals surface area contributed by atoms with Gasteiger partial charge in [0, 0.05) is 5.92 Å². The van der Waals surface area contributed by atoms with Crippen molar-refractivity contribution in [1.82, 2.24) is 0 Å². The highest BCUT2D eigenvalue weighted by Gasteiger charge is 2.37. The van der Waals surface area contributed by atoms with Gasteiger partial charge in [-0.05, 0) is 0 Å². The van der Waals surface area contributed by atoms with E-state index in [-0.39, 0.29) is 6.61 Å². The second kappa shape index (κ2) is 3.46. The lowest BCUT2D eigenvalue weighted by molar-refractivity contribution is -0.220. The zero-order valence-electron chi connectivity index (χ0n) is 5.79. The van der Waals surface area contributed by atoms with Gasteiger partial charge in [-0.15, -0.1) is 0 Å². The smallest absolute Gasteiger partial charge is 0.183 e. The highest BCUT2D eigenvalue weighted by molar-refractivity contribution is 4.87. The summed E-state index contributed by atoms with van der Waals surface area (Å²) in [7, 11) is 0. The van der Waals surface area contributed by atoms with Crippen LogP contribution < -0.4 is 0 Å².